The van der Waals surface area contributed by atoms with Crippen molar-refractivity contribution in [3.05, 3.63) is 65.0 Å². The number of benzene rings is 2. The minimum Gasteiger partial charge on any atom is -0.492 e. The van der Waals surface area contributed by atoms with E-state index in [1.54, 1.807) is 0 Å². The first kappa shape index (κ1) is 15.2. The molecule has 0 fully saturated rings. The van der Waals surface area contributed by atoms with E-state index < -0.39 is 0 Å². The van der Waals surface area contributed by atoms with Crippen molar-refractivity contribution in [3.63, 3.8) is 0 Å². The van der Waals surface area contributed by atoms with Crippen LogP contribution in [0.4, 0.5) is 0 Å². The molecule has 0 saturated carbocycles. The van der Waals surface area contributed by atoms with Crippen molar-refractivity contribution < 1.29 is 9.26 Å². The zero-order chi connectivity index (χ0) is 16.4. The van der Waals surface area contributed by atoms with E-state index in [0.717, 1.165) is 24.4 Å². The van der Waals surface area contributed by atoms with Gasteiger partial charge >= 0.3 is 0 Å². The first-order valence-corrected chi connectivity index (χ1v) is 8.17. The molecule has 24 heavy (non-hydrogen) atoms. The zero-order valence-electron chi connectivity index (χ0n) is 13.0. The third-order valence-corrected chi connectivity index (χ3v) is 4.21. The second-order valence-electron chi connectivity index (χ2n) is 5.69. The minimum atomic E-state index is 0.577. The summed E-state index contributed by atoms with van der Waals surface area (Å²) in [5, 5.41) is 4.75. The summed E-state index contributed by atoms with van der Waals surface area (Å²) < 4.78 is 11.2. The average Bonchev–Trinajstić information content (AvgIpc) is 2.95. The molecule has 4 rings (SSSR count). The molecule has 1 aromatic heterocycles. The highest BCUT2D eigenvalue weighted by molar-refractivity contribution is 6.30. The maximum atomic E-state index is 5.91. The van der Waals surface area contributed by atoms with Crippen molar-refractivity contribution >= 4 is 11.6 Å². The molecule has 0 amide bonds. The van der Waals surface area contributed by atoms with E-state index in [0.29, 0.717) is 29.9 Å². The Morgan fingerprint density at radius 1 is 1.08 bits per heavy atom. The Balaban J connectivity index is 1.49. The summed E-state index contributed by atoms with van der Waals surface area (Å²) in [5.74, 6) is 2.12. The van der Waals surface area contributed by atoms with Gasteiger partial charge in [0.2, 0.25) is 11.7 Å². The topological polar surface area (TPSA) is 51.4 Å². The molecule has 0 saturated heterocycles. The molecular formula is C18H16ClN3O2. The van der Waals surface area contributed by atoms with Gasteiger partial charge in [-0.2, -0.15) is 4.98 Å². The van der Waals surface area contributed by atoms with Gasteiger partial charge in [0.1, 0.15) is 12.4 Å². The van der Waals surface area contributed by atoms with Gasteiger partial charge in [0.25, 0.3) is 0 Å². The Hall–Kier alpha value is -2.37. The van der Waals surface area contributed by atoms with Crippen LogP contribution in [-0.2, 0) is 13.1 Å². The van der Waals surface area contributed by atoms with Gasteiger partial charge < -0.3 is 9.26 Å². The summed E-state index contributed by atoms with van der Waals surface area (Å²) in [6.45, 7) is 2.86. The van der Waals surface area contributed by atoms with Gasteiger partial charge in [-0.05, 0) is 30.3 Å². The van der Waals surface area contributed by atoms with Crippen molar-refractivity contribution in [3.8, 4) is 17.1 Å². The molecule has 122 valence electrons. The Labute approximate surface area is 144 Å². The first-order chi connectivity index (χ1) is 11.8. The number of nitrogens with zero attached hydrogens (tertiary/aromatic N) is 3. The first-order valence-electron chi connectivity index (χ1n) is 7.79. The molecule has 0 aliphatic carbocycles. The van der Waals surface area contributed by atoms with E-state index in [9.17, 15) is 0 Å². The predicted molar refractivity (Wildman–Crippen MR) is 90.8 cm³/mol. The summed E-state index contributed by atoms with van der Waals surface area (Å²) in [5.41, 5.74) is 2.06. The number of para-hydroxylation sites is 1. The van der Waals surface area contributed by atoms with Gasteiger partial charge in [-0.1, -0.05) is 35.0 Å². The quantitative estimate of drug-likeness (QED) is 0.725. The SMILES string of the molecule is Clc1ccc(-c2noc(CN3CCOc4ccccc4C3)n2)cc1. The van der Waals surface area contributed by atoms with E-state index in [4.69, 9.17) is 20.9 Å². The van der Waals surface area contributed by atoms with Crippen LogP contribution in [0.5, 0.6) is 5.75 Å². The van der Waals surface area contributed by atoms with Crippen LogP contribution in [0.25, 0.3) is 11.4 Å². The van der Waals surface area contributed by atoms with Crippen LogP contribution >= 0.6 is 11.6 Å². The van der Waals surface area contributed by atoms with E-state index >= 15 is 0 Å². The second kappa shape index (κ2) is 6.63. The van der Waals surface area contributed by atoms with Gasteiger partial charge in [0, 0.05) is 29.2 Å². The van der Waals surface area contributed by atoms with Crippen molar-refractivity contribution in [2.75, 3.05) is 13.2 Å². The minimum absolute atomic E-state index is 0.577. The van der Waals surface area contributed by atoms with Crippen LogP contribution < -0.4 is 4.74 Å². The fourth-order valence-corrected chi connectivity index (χ4v) is 2.87. The van der Waals surface area contributed by atoms with Crippen LogP contribution in [0.3, 0.4) is 0 Å². The molecule has 2 aromatic carbocycles. The van der Waals surface area contributed by atoms with Crippen LogP contribution in [0, 0.1) is 0 Å². The standard InChI is InChI=1S/C18H16ClN3O2/c19-15-7-5-13(6-8-15)18-20-17(24-21-18)12-22-9-10-23-16-4-2-1-3-14(16)11-22/h1-8H,9-12H2. The molecule has 0 spiro atoms. The Kier molecular flexibility index (Phi) is 4.19. The van der Waals surface area contributed by atoms with Gasteiger partial charge in [0.05, 0.1) is 6.54 Å². The summed E-state index contributed by atoms with van der Waals surface area (Å²) >= 11 is 5.91. The third-order valence-electron chi connectivity index (χ3n) is 3.96. The number of rotatable bonds is 3. The number of halogens is 1. The maximum absolute atomic E-state index is 5.91. The smallest absolute Gasteiger partial charge is 0.241 e. The molecule has 6 heteroatoms. The van der Waals surface area contributed by atoms with Crippen molar-refractivity contribution in [2.24, 2.45) is 0 Å². The number of hydrogen-bond donors (Lipinski definition) is 0. The predicted octanol–water partition coefficient (Wildman–Crippen LogP) is 3.78. The molecule has 0 bridgehead atoms. The van der Waals surface area contributed by atoms with Crippen LogP contribution in [0.15, 0.2) is 53.1 Å². The highest BCUT2D eigenvalue weighted by Gasteiger charge is 2.18. The van der Waals surface area contributed by atoms with E-state index in [2.05, 4.69) is 21.1 Å². The highest BCUT2D eigenvalue weighted by Crippen LogP contribution is 2.24. The zero-order valence-corrected chi connectivity index (χ0v) is 13.7. The Morgan fingerprint density at radius 3 is 2.79 bits per heavy atom. The van der Waals surface area contributed by atoms with Crippen molar-refractivity contribution in [1.82, 2.24) is 15.0 Å². The monoisotopic (exact) mass is 341 g/mol. The van der Waals surface area contributed by atoms with Gasteiger partial charge in [-0.3, -0.25) is 4.90 Å². The lowest BCUT2D eigenvalue weighted by atomic mass is 10.2. The lowest BCUT2D eigenvalue weighted by Crippen LogP contribution is -2.25. The molecule has 0 unspecified atom stereocenters. The van der Waals surface area contributed by atoms with Crippen molar-refractivity contribution in [2.45, 2.75) is 13.1 Å². The summed E-state index contributed by atoms with van der Waals surface area (Å²) in [4.78, 5) is 6.73. The Morgan fingerprint density at radius 2 is 1.92 bits per heavy atom. The number of fused-ring (bicyclic) bond motifs is 1. The number of hydrogen-bond acceptors (Lipinski definition) is 5. The highest BCUT2D eigenvalue weighted by atomic mass is 35.5. The molecule has 5 nitrogen and oxygen atoms in total. The normalized spacial score (nSPS) is 14.7. The summed E-state index contributed by atoms with van der Waals surface area (Å²) in [7, 11) is 0. The Bertz CT molecular complexity index is 832. The van der Waals surface area contributed by atoms with Gasteiger partial charge in [-0.25, -0.2) is 0 Å². The summed E-state index contributed by atoms with van der Waals surface area (Å²) in [6.07, 6.45) is 0. The lowest BCUT2D eigenvalue weighted by Gasteiger charge is -2.16. The molecule has 0 atom stereocenters. The molecule has 0 N–H and O–H groups in total. The number of aromatic nitrogens is 2. The molecule has 1 aliphatic heterocycles. The van der Waals surface area contributed by atoms with Crippen LogP contribution in [0.1, 0.15) is 11.5 Å². The van der Waals surface area contributed by atoms with E-state index in [1.807, 2.05) is 42.5 Å². The molecule has 2 heterocycles. The lowest BCUT2D eigenvalue weighted by molar-refractivity contribution is 0.196. The van der Waals surface area contributed by atoms with E-state index in [1.165, 1.54) is 5.56 Å². The molecule has 0 radical (unpaired) electrons. The maximum Gasteiger partial charge on any atom is 0.241 e. The summed E-state index contributed by atoms with van der Waals surface area (Å²) in [6, 6.07) is 15.5. The van der Waals surface area contributed by atoms with Gasteiger partial charge in [-0.15, -0.1) is 0 Å². The third kappa shape index (κ3) is 3.27. The fourth-order valence-electron chi connectivity index (χ4n) is 2.74. The molecule has 3 aromatic rings. The largest absolute Gasteiger partial charge is 0.492 e. The van der Waals surface area contributed by atoms with Crippen LogP contribution in [-0.4, -0.2) is 28.2 Å². The molecular weight excluding hydrogens is 326 g/mol. The molecule has 1 aliphatic rings. The van der Waals surface area contributed by atoms with Crippen LogP contribution in [0.2, 0.25) is 5.02 Å². The fraction of sp³-hybridized carbons (Fsp3) is 0.222. The van der Waals surface area contributed by atoms with Crippen molar-refractivity contribution in [1.29, 1.82) is 0 Å². The van der Waals surface area contributed by atoms with E-state index in [-0.39, 0.29) is 0 Å². The second-order valence-corrected chi connectivity index (χ2v) is 6.12. The average molecular weight is 342 g/mol. The number of ether oxygens (including phenoxy) is 1. The van der Waals surface area contributed by atoms with Gasteiger partial charge in [0.15, 0.2) is 0 Å².